The van der Waals surface area contributed by atoms with Gasteiger partial charge in [0.1, 0.15) is 17.0 Å². The van der Waals surface area contributed by atoms with Crippen molar-refractivity contribution in [2.24, 2.45) is 0 Å². The summed E-state index contributed by atoms with van der Waals surface area (Å²) in [6.45, 7) is 15.5. The van der Waals surface area contributed by atoms with Gasteiger partial charge in [-0.2, -0.15) is 0 Å². The van der Waals surface area contributed by atoms with E-state index >= 15 is 0 Å². The molecular formula is C34H47N3O7. The minimum absolute atomic E-state index is 0.0249. The minimum Gasteiger partial charge on any atom is -0.497 e. The summed E-state index contributed by atoms with van der Waals surface area (Å²) in [7, 11) is 1.68. The zero-order valence-electron chi connectivity index (χ0n) is 27.2. The molecule has 4 rings (SSSR count). The number of rotatable bonds is 7. The average molecular weight is 610 g/mol. The van der Waals surface area contributed by atoms with Gasteiger partial charge in [0, 0.05) is 38.4 Å². The molecule has 10 nitrogen and oxygen atoms in total. The van der Waals surface area contributed by atoms with Crippen molar-refractivity contribution in [1.82, 2.24) is 9.80 Å². The highest BCUT2D eigenvalue weighted by Crippen LogP contribution is 2.31. The smallest absolute Gasteiger partial charge is 0.426 e. The molecule has 0 aliphatic carbocycles. The fourth-order valence-corrected chi connectivity index (χ4v) is 5.41. The molecule has 2 aromatic carbocycles. The van der Waals surface area contributed by atoms with Crippen LogP contribution in [0.4, 0.5) is 15.3 Å². The SMILES string of the molecule is COc1ccc(N2CCN(CCC3OCCc4cc(CC(=O)N(C(=O)OC(C)(C)C)C(=O)OC(C)(C)C)ccc43)CC2)cc1. The van der Waals surface area contributed by atoms with Crippen molar-refractivity contribution in [1.29, 1.82) is 0 Å². The van der Waals surface area contributed by atoms with Crippen LogP contribution >= 0.6 is 0 Å². The minimum atomic E-state index is -1.05. The molecule has 0 radical (unpaired) electrons. The summed E-state index contributed by atoms with van der Waals surface area (Å²) in [5, 5.41) is 0. The second-order valence-electron chi connectivity index (χ2n) is 13.3. The van der Waals surface area contributed by atoms with E-state index in [4.69, 9.17) is 18.9 Å². The molecule has 3 amide bonds. The van der Waals surface area contributed by atoms with Crippen molar-refractivity contribution in [3.05, 3.63) is 59.2 Å². The number of hydrogen-bond acceptors (Lipinski definition) is 9. The summed E-state index contributed by atoms with van der Waals surface area (Å²) in [6, 6.07) is 14.1. The van der Waals surface area contributed by atoms with Gasteiger partial charge in [-0.15, -0.1) is 4.90 Å². The van der Waals surface area contributed by atoms with Crippen LogP contribution in [0.25, 0.3) is 0 Å². The van der Waals surface area contributed by atoms with Crippen molar-refractivity contribution in [2.75, 3.05) is 51.3 Å². The van der Waals surface area contributed by atoms with Gasteiger partial charge in [0.25, 0.3) is 0 Å². The van der Waals surface area contributed by atoms with Gasteiger partial charge in [0.2, 0.25) is 5.91 Å². The molecule has 1 atom stereocenters. The Balaban J connectivity index is 1.36. The third-order valence-electron chi connectivity index (χ3n) is 7.52. The van der Waals surface area contributed by atoms with Crippen LogP contribution in [0, 0.1) is 0 Å². The summed E-state index contributed by atoms with van der Waals surface area (Å²) in [5.41, 5.74) is 2.40. The first kappa shape index (κ1) is 33.3. The Morgan fingerprint density at radius 1 is 0.886 bits per heavy atom. The monoisotopic (exact) mass is 609 g/mol. The number of amides is 3. The highest BCUT2D eigenvalue weighted by molar-refractivity contribution is 6.07. The van der Waals surface area contributed by atoms with Gasteiger partial charge >= 0.3 is 12.2 Å². The zero-order chi connectivity index (χ0) is 32.1. The number of methoxy groups -OCH3 is 1. The van der Waals surface area contributed by atoms with E-state index in [1.807, 2.05) is 30.3 Å². The molecule has 2 aliphatic rings. The van der Waals surface area contributed by atoms with E-state index < -0.39 is 29.3 Å². The Kier molecular flexibility index (Phi) is 10.6. The first-order chi connectivity index (χ1) is 20.7. The number of anilines is 1. The Bertz CT molecular complexity index is 1280. The second-order valence-corrected chi connectivity index (χ2v) is 13.3. The fraction of sp³-hybridized carbons (Fsp3) is 0.559. The van der Waals surface area contributed by atoms with Gasteiger partial charge in [-0.1, -0.05) is 18.2 Å². The summed E-state index contributed by atoms with van der Waals surface area (Å²) in [6.07, 6.45) is -0.658. The summed E-state index contributed by atoms with van der Waals surface area (Å²) >= 11 is 0. The van der Waals surface area contributed by atoms with Gasteiger partial charge in [-0.25, -0.2) is 9.59 Å². The highest BCUT2D eigenvalue weighted by Gasteiger charge is 2.36. The lowest BCUT2D eigenvalue weighted by Crippen LogP contribution is -2.47. The molecule has 0 aromatic heterocycles. The van der Waals surface area contributed by atoms with E-state index in [2.05, 4.69) is 21.9 Å². The summed E-state index contributed by atoms with van der Waals surface area (Å²) in [5.74, 6) is 0.160. The van der Waals surface area contributed by atoms with Crippen LogP contribution in [0.3, 0.4) is 0 Å². The Labute approximate surface area is 261 Å². The first-order valence-corrected chi connectivity index (χ1v) is 15.4. The number of benzene rings is 2. The van der Waals surface area contributed by atoms with Crippen molar-refractivity contribution in [2.45, 2.75) is 78.1 Å². The van der Waals surface area contributed by atoms with Crippen LogP contribution in [-0.4, -0.2) is 85.5 Å². The molecule has 2 aromatic rings. The van der Waals surface area contributed by atoms with E-state index in [9.17, 15) is 14.4 Å². The molecule has 2 heterocycles. The maximum Gasteiger partial charge on any atom is 0.426 e. The van der Waals surface area contributed by atoms with Crippen LogP contribution in [0.5, 0.6) is 5.75 Å². The number of imide groups is 3. The lowest BCUT2D eigenvalue weighted by molar-refractivity contribution is -0.128. The zero-order valence-corrected chi connectivity index (χ0v) is 27.2. The van der Waals surface area contributed by atoms with E-state index in [0.29, 0.717) is 17.1 Å². The molecule has 10 heteroatoms. The standard InChI is InChI=1S/C34H47N3O7/c1-33(2,3)43-31(39)37(32(40)44-34(4,5)6)30(38)23-24-8-13-28-25(22-24)15-21-42-29(28)14-16-35-17-19-36(20-18-35)26-9-11-27(41-7)12-10-26/h8-13,22,29H,14-21,23H2,1-7H3. The second kappa shape index (κ2) is 14.0. The number of fused-ring (bicyclic) bond motifs is 1. The van der Waals surface area contributed by atoms with E-state index in [0.717, 1.165) is 62.4 Å². The predicted molar refractivity (Wildman–Crippen MR) is 168 cm³/mol. The highest BCUT2D eigenvalue weighted by atomic mass is 16.6. The van der Waals surface area contributed by atoms with Gasteiger partial charge in [0.05, 0.1) is 26.2 Å². The van der Waals surface area contributed by atoms with Gasteiger partial charge in [-0.05, 0) is 95.3 Å². The van der Waals surface area contributed by atoms with Crippen LogP contribution < -0.4 is 9.64 Å². The lowest BCUT2D eigenvalue weighted by Gasteiger charge is -2.37. The van der Waals surface area contributed by atoms with Crippen LogP contribution in [0.2, 0.25) is 0 Å². The van der Waals surface area contributed by atoms with E-state index in [-0.39, 0.29) is 12.5 Å². The third kappa shape index (κ3) is 9.19. The predicted octanol–water partition coefficient (Wildman–Crippen LogP) is 5.76. The largest absolute Gasteiger partial charge is 0.497 e. The molecule has 0 spiro atoms. The number of carbonyl (C=O) groups excluding carboxylic acids is 3. The van der Waals surface area contributed by atoms with Gasteiger partial charge in [0.15, 0.2) is 0 Å². The van der Waals surface area contributed by atoms with Crippen LogP contribution in [0.1, 0.15) is 70.8 Å². The molecule has 0 bridgehead atoms. The van der Waals surface area contributed by atoms with Crippen LogP contribution in [-0.2, 0) is 31.8 Å². The van der Waals surface area contributed by atoms with E-state index in [1.54, 1.807) is 48.7 Å². The van der Waals surface area contributed by atoms with Crippen molar-refractivity contribution < 1.29 is 33.3 Å². The number of piperazine rings is 1. The average Bonchev–Trinajstić information content (AvgIpc) is 2.94. The number of carbonyl (C=O) groups is 3. The molecule has 1 unspecified atom stereocenters. The van der Waals surface area contributed by atoms with Gasteiger partial charge < -0.3 is 23.8 Å². The van der Waals surface area contributed by atoms with Crippen molar-refractivity contribution in [3.8, 4) is 5.75 Å². The molecule has 44 heavy (non-hydrogen) atoms. The lowest BCUT2D eigenvalue weighted by atomic mass is 9.93. The van der Waals surface area contributed by atoms with E-state index in [1.165, 1.54) is 5.69 Å². The quantitative estimate of drug-likeness (QED) is 0.388. The van der Waals surface area contributed by atoms with Crippen molar-refractivity contribution in [3.63, 3.8) is 0 Å². The summed E-state index contributed by atoms with van der Waals surface area (Å²) < 4.78 is 22.2. The third-order valence-corrected chi connectivity index (χ3v) is 7.52. The topological polar surface area (TPSA) is 97.9 Å². The molecular weight excluding hydrogens is 562 g/mol. The Hall–Kier alpha value is -3.63. The molecule has 1 fully saturated rings. The normalized spacial score (nSPS) is 17.4. The molecule has 1 saturated heterocycles. The number of ether oxygens (including phenoxy) is 4. The fourth-order valence-electron chi connectivity index (χ4n) is 5.41. The number of hydrogen-bond donors (Lipinski definition) is 0. The van der Waals surface area contributed by atoms with Crippen LogP contribution in [0.15, 0.2) is 42.5 Å². The molecule has 0 N–H and O–H groups in total. The van der Waals surface area contributed by atoms with Crippen molar-refractivity contribution >= 4 is 23.8 Å². The first-order valence-electron chi connectivity index (χ1n) is 15.4. The number of nitrogens with zero attached hydrogens (tertiary/aromatic N) is 3. The Morgan fingerprint density at radius 3 is 2.07 bits per heavy atom. The molecule has 0 saturated carbocycles. The molecule has 2 aliphatic heterocycles. The summed E-state index contributed by atoms with van der Waals surface area (Å²) in [4.78, 5) is 44.4. The maximum absolute atomic E-state index is 13.3. The van der Waals surface area contributed by atoms with Gasteiger partial charge in [-0.3, -0.25) is 9.69 Å². The maximum atomic E-state index is 13.3. The Morgan fingerprint density at radius 2 is 1.50 bits per heavy atom. The molecule has 240 valence electrons.